The van der Waals surface area contributed by atoms with Gasteiger partial charge in [-0.2, -0.15) is 0 Å². The molecule has 7 heteroatoms. The molecule has 2 rings (SSSR count). The van der Waals surface area contributed by atoms with E-state index in [1.165, 1.54) is 12.1 Å². The Morgan fingerprint density at radius 2 is 2.32 bits per heavy atom. The lowest BCUT2D eigenvalue weighted by Gasteiger charge is -2.31. The molecule has 5 nitrogen and oxygen atoms in total. The Kier molecular flexibility index (Phi) is 6.09. The standard InChI is InChI=1S/C15H20F2N2O3/c16-12-5-1-4-11(13(12)17)14(10-3-2-6-18-9-10)22-8-7-19-15(20)21/h1,4-5,10,14,18-19H,2-3,6-9H2,(H,20,21). The van der Waals surface area contributed by atoms with Crippen LogP contribution in [0.15, 0.2) is 18.2 Å². The van der Waals surface area contributed by atoms with Gasteiger partial charge in [0.25, 0.3) is 0 Å². The minimum absolute atomic E-state index is 0.0230. The summed E-state index contributed by atoms with van der Waals surface area (Å²) >= 11 is 0. The van der Waals surface area contributed by atoms with Gasteiger partial charge < -0.3 is 20.5 Å². The third-order valence-corrected chi connectivity index (χ3v) is 3.73. The molecular weight excluding hydrogens is 294 g/mol. The van der Waals surface area contributed by atoms with Crippen LogP contribution in [-0.2, 0) is 4.74 Å². The zero-order valence-corrected chi connectivity index (χ0v) is 12.1. The van der Waals surface area contributed by atoms with Crippen LogP contribution in [0.5, 0.6) is 0 Å². The molecule has 1 aliphatic rings. The summed E-state index contributed by atoms with van der Waals surface area (Å²) in [6, 6.07) is 4.04. The molecule has 1 aliphatic heterocycles. The first-order valence-corrected chi connectivity index (χ1v) is 7.32. The summed E-state index contributed by atoms with van der Waals surface area (Å²) in [5.74, 6) is -1.78. The van der Waals surface area contributed by atoms with Crippen molar-refractivity contribution in [2.75, 3.05) is 26.2 Å². The summed E-state index contributed by atoms with van der Waals surface area (Å²) < 4.78 is 33.2. The summed E-state index contributed by atoms with van der Waals surface area (Å²) in [7, 11) is 0. The summed E-state index contributed by atoms with van der Waals surface area (Å²) in [6.07, 6.45) is 0.0463. The molecule has 122 valence electrons. The fourth-order valence-corrected chi connectivity index (χ4v) is 2.70. The maximum absolute atomic E-state index is 14.1. The van der Waals surface area contributed by atoms with Crippen molar-refractivity contribution in [3.63, 3.8) is 0 Å². The summed E-state index contributed by atoms with van der Waals surface area (Å²) in [6.45, 7) is 1.76. The van der Waals surface area contributed by atoms with Crippen molar-refractivity contribution in [1.29, 1.82) is 0 Å². The molecule has 1 amide bonds. The molecule has 1 fully saturated rings. The molecule has 3 N–H and O–H groups in total. The maximum atomic E-state index is 14.1. The van der Waals surface area contributed by atoms with E-state index in [2.05, 4.69) is 10.6 Å². The van der Waals surface area contributed by atoms with E-state index in [-0.39, 0.29) is 24.6 Å². The minimum Gasteiger partial charge on any atom is -0.465 e. The largest absolute Gasteiger partial charge is 0.465 e. The number of amides is 1. The highest BCUT2D eigenvalue weighted by molar-refractivity contribution is 5.64. The van der Waals surface area contributed by atoms with Crippen molar-refractivity contribution in [2.24, 2.45) is 5.92 Å². The van der Waals surface area contributed by atoms with Gasteiger partial charge in [-0.1, -0.05) is 12.1 Å². The maximum Gasteiger partial charge on any atom is 0.404 e. The fraction of sp³-hybridized carbons (Fsp3) is 0.533. The van der Waals surface area contributed by atoms with E-state index in [1.807, 2.05) is 0 Å². The third-order valence-electron chi connectivity index (χ3n) is 3.73. The van der Waals surface area contributed by atoms with Crippen LogP contribution in [0.1, 0.15) is 24.5 Å². The summed E-state index contributed by atoms with van der Waals surface area (Å²) in [5.41, 5.74) is 0.184. The number of benzene rings is 1. The van der Waals surface area contributed by atoms with Crippen LogP contribution < -0.4 is 10.6 Å². The normalized spacial score (nSPS) is 19.6. The first kappa shape index (κ1) is 16.6. The van der Waals surface area contributed by atoms with Gasteiger partial charge in [0.15, 0.2) is 11.6 Å². The summed E-state index contributed by atoms with van der Waals surface area (Å²) in [4.78, 5) is 10.4. The van der Waals surface area contributed by atoms with Gasteiger partial charge in [-0.15, -0.1) is 0 Å². The van der Waals surface area contributed by atoms with E-state index in [9.17, 15) is 13.6 Å². The molecule has 22 heavy (non-hydrogen) atoms. The number of hydrogen-bond acceptors (Lipinski definition) is 3. The zero-order chi connectivity index (χ0) is 15.9. The molecule has 2 atom stereocenters. The van der Waals surface area contributed by atoms with Gasteiger partial charge in [-0.25, -0.2) is 13.6 Å². The highest BCUT2D eigenvalue weighted by Crippen LogP contribution is 2.32. The molecule has 1 heterocycles. The molecule has 0 radical (unpaired) electrons. The van der Waals surface area contributed by atoms with Crippen molar-refractivity contribution in [1.82, 2.24) is 10.6 Å². The minimum atomic E-state index is -1.14. The lowest BCUT2D eigenvalue weighted by molar-refractivity contribution is 0.00240. The Morgan fingerprint density at radius 3 is 3.00 bits per heavy atom. The number of rotatable bonds is 6. The Labute approximate surface area is 127 Å². The quantitative estimate of drug-likeness (QED) is 0.705. The third kappa shape index (κ3) is 4.38. The molecular formula is C15H20F2N2O3. The van der Waals surface area contributed by atoms with E-state index in [0.29, 0.717) is 6.54 Å². The predicted octanol–water partition coefficient (Wildman–Crippen LogP) is 2.29. The lowest BCUT2D eigenvalue weighted by atomic mass is 9.89. The molecule has 1 aromatic rings. The van der Waals surface area contributed by atoms with Crippen molar-refractivity contribution >= 4 is 6.09 Å². The van der Waals surface area contributed by atoms with Gasteiger partial charge in [0.1, 0.15) is 0 Å². The van der Waals surface area contributed by atoms with Crippen LogP contribution in [0.4, 0.5) is 13.6 Å². The van der Waals surface area contributed by atoms with Gasteiger partial charge in [0.2, 0.25) is 0 Å². The molecule has 2 unspecified atom stereocenters. The Bertz CT molecular complexity index is 508. The lowest BCUT2D eigenvalue weighted by Crippen LogP contribution is -2.35. The first-order valence-electron chi connectivity index (χ1n) is 7.32. The molecule has 1 saturated heterocycles. The van der Waals surface area contributed by atoms with Crippen LogP contribution in [0.2, 0.25) is 0 Å². The molecule has 0 aromatic heterocycles. The smallest absolute Gasteiger partial charge is 0.404 e. The SMILES string of the molecule is O=C(O)NCCOC(c1cccc(F)c1F)C1CCCNC1. The second kappa shape index (κ2) is 8.05. The highest BCUT2D eigenvalue weighted by atomic mass is 19.2. The van der Waals surface area contributed by atoms with Crippen molar-refractivity contribution in [3.05, 3.63) is 35.4 Å². The van der Waals surface area contributed by atoms with Gasteiger partial charge in [-0.3, -0.25) is 0 Å². The average molecular weight is 314 g/mol. The molecule has 0 bridgehead atoms. The van der Waals surface area contributed by atoms with Crippen molar-refractivity contribution < 1.29 is 23.4 Å². The Morgan fingerprint density at radius 1 is 1.50 bits per heavy atom. The number of carbonyl (C=O) groups is 1. The topological polar surface area (TPSA) is 70.6 Å². The monoisotopic (exact) mass is 314 g/mol. The van der Waals surface area contributed by atoms with Crippen molar-refractivity contribution in [2.45, 2.75) is 18.9 Å². The van der Waals surface area contributed by atoms with Crippen LogP contribution >= 0.6 is 0 Å². The van der Waals surface area contributed by atoms with Gasteiger partial charge in [0, 0.05) is 24.6 Å². The van der Waals surface area contributed by atoms with Crippen LogP contribution in [-0.4, -0.2) is 37.4 Å². The molecule has 1 aromatic carbocycles. The molecule has 0 saturated carbocycles. The number of carboxylic acid groups (broad SMARTS) is 1. The second-order valence-electron chi connectivity index (χ2n) is 5.27. The van der Waals surface area contributed by atoms with Crippen LogP contribution in [0, 0.1) is 17.6 Å². The zero-order valence-electron chi connectivity index (χ0n) is 12.1. The van der Waals surface area contributed by atoms with E-state index in [1.54, 1.807) is 0 Å². The van der Waals surface area contributed by atoms with E-state index in [4.69, 9.17) is 9.84 Å². The summed E-state index contributed by atoms with van der Waals surface area (Å²) in [5, 5.41) is 13.9. The van der Waals surface area contributed by atoms with Gasteiger partial charge in [0.05, 0.1) is 12.7 Å². The van der Waals surface area contributed by atoms with E-state index >= 15 is 0 Å². The number of ether oxygens (including phenoxy) is 1. The first-order chi connectivity index (χ1) is 10.6. The van der Waals surface area contributed by atoms with Gasteiger partial charge >= 0.3 is 6.09 Å². The number of nitrogens with one attached hydrogen (secondary N) is 2. The predicted molar refractivity (Wildman–Crippen MR) is 76.7 cm³/mol. The Balaban J connectivity index is 2.10. The molecule has 0 spiro atoms. The molecule has 0 aliphatic carbocycles. The number of piperidine rings is 1. The average Bonchev–Trinajstić information content (AvgIpc) is 2.51. The second-order valence-corrected chi connectivity index (χ2v) is 5.27. The number of hydrogen-bond donors (Lipinski definition) is 3. The van der Waals surface area contributed by atoms with Crippen molar-refractivity contribution in [3.8, 4) is 0 Å². The number of halogens is 2. The van der Waals surface area contributed by atoms with E-state index in [0.717, 1.165) is 25.5 Å². The van der Waals surface area contributed by atoms with Crippen LogP contribution in [0.25, 0.3) is 0 Å². The van der Waals surface area contributed by atoms with Crippen LogP contribution in [0.3, 0.4) is 0 Å². The Hall–Kier alpha value is -1.73. The highest BCUT2D eigenvalue weighted by Gasteiger charge is 2.28. The van der Waals surface area contributed by atoms with Gasteiger partial charge in [-0.05, 0) is 25.5 Å². The fourth-order valence-electron chi connectivity index (χ4n) is 2.70. The van der Waals surface area contributed by atoms with E-state index < -0.39 is 23.8 Å².